The summed E-state index contributed by atoms with van der Waals surface area (Å²) >= 11 is 0. The minimum absolute atomic E-state index is 0.171. The largest absolute Gasteiger partial charge is 0.472 e. The van der Waals surface area contributed by atoms with Gasteiger partial charge in [0.15, 0.2) is 0 Å². The molecule has 1 fully saturated rings. The van der Waals surface area contributed by atoms with Crippen LogP contribution < -0.4 is 15.4 Å². The number of ether oxygens (including phenoxy) is 1. The first-order valence-corrected chi connectivity index (χ1v) is 6.34. The summed E-state index contributed by atoms with van der Waals surface area (Å²) in [5, 5.41) is 0. The van der Waals surface area contributed by atoms with Gasteiger partial charge in [-0.15, -0.1) is 0 Å². The molecule has 1 aliphatic rings. The van der Waals surface area contributed by atoms with Crippen LogP contribution in [0.15, 0.2) is 42.9 Å². The number of hydrogen-bond acceptors (Lipinski definition) is 5. The van der Waals surface area contributed by atoms with Crippen LogP contribution in [0.1, 0.15) is 6.42 Å². The summed E-state index contributed by atoms with van der Waals surface area (Å²) in [5.41, 5.74) is 7.44. The second-order valence-corrected chi connectivity index (χ2v) is 4.61. The van der Waals surface area contributed by atoms with Gasteiger partial charge in [-0.3, -0.25) is 4.98 Å². The fourth-order valence-corrected chi connectivity index (χ4v) is 2.25. The third kappa shape index (κ3) is 2.76. The monoisotopic (exact) mass is 256 g/mol. The van der Waals surface area contributed by atoms with E-state index in [2.05, 4.69) is 14.9 Å². The predicted octanol–water partition coefficient (Wildman–Crippen LogP) is 1.72. The molecule has 0 radical (unpaired) electrons. The van der Waals surface area contributed by atoms with Crippen molar-refractivity contribution >= 4 is 11.4 Å². The number of hydrogen-bond donors (Lipinski definition) is 1. The molecule has 1 atom stereocenters. The van der Waals surface area contributed by atoms with Crippen LogP contribution in [0.5, 0.6) is 5.88 Å². The number of aromatic nitrogens is 2. The lowest BCUT2D eigenvalue weighted by Gasteiger charge is -2.18. The zero-order valence-electron chi connectivity index (χ0n) is 10.6. The summed E-state index contributed by atoms with van der Waals surface area (Å²) in [6, 6.07) is 7.65. The van der Waals surface area contributed by atoms with Crippen molar-refractivity contribution in [2.75, 3.05) is 23.7 Å². The maximum absolute atomic E-state index is 5.86. The van der Waals surface area contributed by atoms with E-state index in [0.29, 0.717) is 11.6 Å². The molecule has 98 valence electrons. The van der Waals surface area contributed by atoms with Gasteiger partial charge in [0.05, 0.1) is 18.4 Å². The van der Waals surface area contributed by atoms with Gasteiger partial charge in [-0.05, 0) is 18.2 Å². The number of pyridine rings is 2. The SMILES string of the molecule is Nc1ccc(OC2CCN(c3ccncc3)C2)nc1. The molecule has 5 heteroatoms. The molecule has 0 saturated carbocycles. The predicted molar refractivity (Wildman–Crippen MR) is 74.1 cm³/mol. The molecule has 1 unspecified atom stereocenters. The highest BCUT2D eigenvalue weighted by atomic mass is 16.5. The van der Waals surface area contributed by atoms with Crippen molar-refractivity contribution in [2.45, 2.75) is 12.5 Å². The van der Waals surface area contributed by atoms with E-state index in [-0.39, 0.29) is 6.10 Å². The standard InChI is InChI=1S/C14H16N4O/c15-11-1-2-14(17-9-11)19-13-5-8-18(10-13)12-3-6-16-7-4-12/h1-4,6-7,9,13H,5,8,10,15H2. The van der Waals surface area contributed by atoms with Crippen molar-refractivity contribution in [1.82, 2.24) is 9.97 Å². The number of rotatable bonds is 3. The van der Waals surface area contributed by atoms with Crippen LogP contribution in [0.2, 0.25) is 0 Å². The summed E-state index contributed by atoms with van der Waals surface area (Å²) in [4.78, 5) is 10.5. The summed E-state index contributed by atoms with van der Waals surface area (Å²) in [5.74, 6) is 0.635. The van der Waals surface area contributed by atoms with Crippen LogP contribution >= 0.6 is 0 Å². The lowest BCUT2D eigenvalue weighted by molar-refractivity contribution is 0.216. The number of nitrogens with zero attached hydrogens (tertiary/aromatic N) is 3. The van der Waals surface area contributed by atoms with E-state index in [1.807, 2.05) is 30.6 Å². The number of nitrogens with two attached hydrogens (primary N) is 1. The molecule has 3 rings (SSSR count). The Morgan fingerprint density at radius 2 is 2.05 bits per heavy atom. The summed E-state index contributed by atoms with van der Waals surface area (Å²) < 4.78 is 5.86. The molecule has 0 aliphatic carbocycles. The van der Waals surface area contributed by atoms with Crippen molar-refractivity contribution in [3.05, 3.63) is 42.9 Å². The molecule has 0 bridgehead atoms. The second-order valence-electron chi connectivity index (χ2n) is 4.61. The number of nitrogen functional groups attached to an aromatic ring is 1. The molecule has 1 aliphatic heterocycles. The second kappa shape index (κ2) is 5.14. The van der Waals surface area contributed by atoms with Crippen molar-refractivity contribution < 1.29 is 4.74 Å². The lowest BCUT2D eigenvalue weighted by Crippen LogP contribution is -2.24. The van der Waals surface area contributed by atoms with Crippen LogP contribution in [-0.4, -0.2) is 29.2 Å². The van der Waals surface area contributed by atoms with Crippen molar-refractivity contribution in [3.63, 3.8) is 0 Å². The van der Waals surface area contributed by atoms with E-state index in [4.69, 9.17) is 10.5 Å². The molecule has 0 spiro atoms. The molecule has 0 amide bonds. The molecular weight excluding hydrogens is 240 g/mol. The Balaban J connectivity index is 1.62. The van der Waals surface area contributed by atoms with E-state index in [0.717, 1.165) is 19.5 Å². The Morgan fingerprint density at radius 1 is 1.21 bits per heavy atom. The van der Waals surface area contributed by atoms with Gasteiger partial charge in [0, 0.05) is 37.1 Å². The summed E-state index contributed by atoms with van der Waals surface area (Å²) in [7, 11) is 0. The van der Waals surface area contributed by atoms with Gasteiger partial charge in [0.25, 0.3) is 0 Å². The van der Waals surface area contributed by atoms with Gasteiger partial charge in [0.1, 0.15) is 6.10 Å². The molecule has 5 nitrogen and oxygen atoms in total. The van der Waals surface area contributed by atoms with E-state index in [1.165, 1.54) is 5.69 Å². The van der Waals surface area contributed by atoms with E-state index in [1.54, 1.807) is 12.3 Å². The molecule has 3 heterocycles. The van der Waals surface area contributed by atoms with Gasteiger partial charge in [-0.1, -0.05) is 0 Å². The number of anilines is 2. The summed E-state index contributed by atoms with van der Waals surface area (Å²) in [6.07, 6.45) is 6.40. The Hall–Kier alpha value is -2.30. The third-order valence-corrected chi connectivity index (χ3v) is 3.22. The first-order valence-electron chi connectivity index (χ1n) is 6.34. The molecule has 1 saturated heterocycles. The van der Waals surface area contributed by atoms with Gasteiger partial charge in [0.2, 0.25) is 5.88 Å². The summed E-state index contributed by atoms with van der Waals surface area (Å²) in [6.45, 7) is 1.86. The van der Waals surface area contributed by atoms with Gasteiger partial charge in [-0.2, -0.15) is 0 Å². The van der Waals surface area contributed by atoms with Gasteiger partial charge in [-0.25, -0.2) is 4.98 Å². The van der Waals surface area contributed by atoms with Gasteiger partial charge < -0.3 is 15.4 Å². The Morgan fingerprint density at radius 3 is 2.79 bits per heavy atom. The van der Waals surface area contributed by atoms with Crippen LogP contribution in [0.4, 0.5) is 11.4 Å². The first-order chi connectivity index (χ1) is 9.31. The Labute approximate surface area is 112 Å². The highest BCUT2D eigenvalue weighted by Crippen LogP contribution is 2.22. The highest BCUT2D eigenvalue weighted by Gasteiger charge is 2.24. The van der Waals surface area contributed by atoms with Crippen molar-refractivity contribution in [2.24, 2.45) is 0 Å². The van der Waals surface area contributed by atoms with Crippen LogP contribution in [-0.2, 0) is 0 Å². The molecular formula is C14H16N4O. The quantitative estimate of drug-likeness (QED) is 0.905. The van der Waals surface area contributed by atoms with Crippen LogP contribution in [0.25, 0.3) is 0 Å². The fourth-order valence-electron chi connectivity index (χ4n) is 2.25. The minimum atomic E-state index is 0.171. The van der Waals surface area contributed by atoms with E-state index < -0.39 is 0 Å². The highest BCUT2D eigenvalue weighted by molar-refractivity contribution is 5.45. The first kappa shape index (κ1) is 11.8. The Kier molecular flexibility index (Phi) is 3.18. The third-order valence-electron chi connectivity index (χ3n) is 3.22. The van der Waals surface area contributed by atoms with E-state index >= 15 is 0 Å². The molecule has 2 N–H and O–H groups in total. The average molecular weight is 256 g/mol. The molecule has 0 aromatic carbocycles. The maximum atomic E-state index is 5.86. The van der Waals surface area contributed by atoms with Crippen molar-refractivity contribution in [1.29, 1.82) is 0 Å². The van der Waals surface area contributed by atoms with Crippen LogP contribution in [0.3, 0.4) is 0 Å². The van der Waals surface area contributed by atoms with Gasteiger partial charge >= 0.3 is 0 Å². The molecule has 2 aromatic rings. The zero-order chi connectivity index (χ0) is 13.1. The topological polar surface area (TPSA) is 64.3 Å². The zero-order valence-corrected chi connectivity index (χ0v) is 10.6. The fraction of sp³-hybridized carbons (Fsp3) is 0.286. The molecule has 19 heavy (non-hydrogen) atoms. The maximum Gasteiger partial charge on any atom is 0.213 e. The van der Waals surface area contributed by atoms with Crippen molar-refractivity contribution in [3.8, 4) is 5.88 Å². The Bertz CT molecular complexity index is 529. The normalized spacial score (nSPS) is 18.5. The minimum Gasteiger partial charge on any atom is -0.472 e. The average Bonchev–Trinajstić information content (AvgIpc) is 2.91. The van der Waals surface area contributed by atoms with E-state index in [9.17, 15) is 0 Å². The van der Waals surface area contributed by atoms with Crippen LogP contribution in [0, 0.1) is 0 Å². The smallest absolute Gasteiger partial charge is 0.213 e. The lowest BCUT2D eigenvalue weighted by atomic mass is 10.3. The molecule has 2 aromatic heterocycles.